The summed E-state index contributed by atoms with van der Waals surface area (Å²) in [6, 6.07) is 5.00. The van der Waals surface area contributed by atoms with Crippen LogP contribution in [-0.4, -0.2) is 27.2 Å². The van der Waals surface area contributed by atoms with Crippen molar-refractivity contribution in [3.8, 4) is 0 Å². The number of halogens is 1. The van der Waals surface area contributed by atoms with E-state index in [-0.39, 0.29) is 17.0 Å². The van der Waals surface area contributed by atoms with Crippen molar-refractivity contribution in [1.82, 2.24) is 10.2 Å². The van der Waals surface area contributed by atoms with Gasteiger partial charge in [-0.05, 0) is 29.7 Å². The van der Waals surface area contributed by atoms with E-state index in [2.05, 4.69) is 10.2 Å². The van der Waals surface area contributed by atoms with Gasteiger partial charge in [-0.2, -0.15) is 5.10 Å². The highest BCUT2D eigenvalue weighted by Gasteiger charge is 2.20. The Morgan fingerprint density at radius 3 is 2.59 bits per heavy atom. The first-order valence-electron chi connectivity index (χ1n) is 6.49. The third-order valence-corrected chi connectivity index (χ3v) is 4.20. The van der Waals surface area contributed by atoms with Crippen molar-refractivity contribution in [2.24, 2.45) is 5.73 Å². The molecule has 116 valence electrons. The van der Waals surface area contributed by atoms with E-state index >= 15 is 0 Å². The lowest BCUT2D eigenvalue weighted by Gasteiger charge is -2.18. The number of anilines is 2. The second-order valence-electron chi connectivity index (χ2n) is 5.00. The number of carboxylic acids is 1. The van der Waals surface area contributed by atoms with Crippen LogP contribution in [0.2, 0.25) is 0 Å². The molecule has 0 saturated heterocycles. The number of aromatic amines is 1. The molecule has 0 atom stereocenters. The molecule has 0 saturated carbocycles. The topological polar surface area (TPSA) is 112 Å². The zero-order valence-electron chi connectivity index (χ0n) is 12.0. The summed E-state index contributed by atoms with van der Waals surface area (Å²) in [6.07, 6.45) is 1.43. The smallest absolute Gasteiger partial charge is 0.335 e. The summed E-state index contributed by atoms with van der Waals surface area (Å²) in [6.45, 7) is 3.85. The van der Waals surface area contributed by atoms with Crippen molar-refractivity contribution >= 4 is 46.2 Å². The molecule has 4 N–H and O–H groups in total. The molecule has 1 heterocycles. The van der Waals surface area contributed by atoms with Crippen LogP contribution in [0, 0.1) is 0 Å². The summed E-state index contributed by atoms with van der Waals surface area (Å²) in [7, 11) is 0. The number of hydrogen-bond donors (Lipinski definition) is 3. The van der Waals surface area contributed by atoms with Crippen molar-refractivity contribution in [2.45, 2.75) is 19.8 Å². The van der Waals surface area contributed by atoms with E-state index in [4.69, 9.17) is 5.73 Å². The Hall–Kier alpha value is -2.10. The molecule has 0 fully saturated rings. The number of nitrogens with two attached hydrogens (primary N) is 1. The minimum Gasteiger partial charge on any atom is -0.478 e. The third-order valence-electron chi connectivity index (χ3n) is 3.19. The number of carboxylic acid groups (broad SMARTS) is 1. The van der Waals surface area contributed by atoms with Gasteiger partial charge in [0.25, 0.3) is 5.91 Å². The standard InChI is InChI=1S/C14H15IN4O3/c1-7(2)10-5-8(3-4-9(10)14(21)22)19(15)13-11(12(16)20)6-17-18-13/h3-7H,1-2H3,(H2,16,20)(H,17,18)(H,21,22). The van der Waals surface area contributed by atoms with Crippen LogP contribution in [0.1, 0.15) is 46.0 Å². The Balaban J connectivity index is 2.48. The van der Waals surface area contributed by atoms with Gasteiger partial charge in [0.15, 0.2) is 5.82 Å². The van der Waals surface area contributed by atoms with Gasteiger partial charge in [0.1, 0.15) is 5.56 Å². The summed E-state index contributed by atoms with van der Waals surface area (Å²) in [4.78, 5) is 22.7. The summed E-state index contributed by atoms with van der Waals surface area (Å²) in [5.41, 5.74) is 7.26. The van der Waals surface area contributed by atoms with Gasteiger partial charge in [-0.15, -0.1) is 0 Å². The second kappa shape index (κ2) is 6.34. The average Bonchev–Trinajstić information content (AvgIpc) is 2.95. The highest BCUT2D eigenvalue weighted by molar-refractivity contribution is 14.1. The number of hydrogen-bond acceptors (Lipinski definition) is 4. The van der Waals surface area contributed by atoms with Gasteiger partial charge in [0, 0.05) is 6.20 Å². The molecule has 0 aliphatic heterocycles. The summed E-state index contributed by atoms with van der Waals surface area (Å²) < 4.78 is 1.66. The van der Waals surface area contributed by atoms with E-state index in [9.17, 15) is 14.7 Å². The van der Waals surface area contributed by atoms with Crippen LogP contribution in [0.25, 0.3) is 0 Å². The van der Waals surface area contributed by atoms with Gasteiger partial charge in [0.2, 0.25) is 0 Å². The van der Waals surface area contributed by atoms with E-state index < -0.39 is 11.9 Å². The first-order chi connectivity index (χ1) is 10.3. The second-order valence-corrected chi connectivity index (χ2v) is 5.96. The molecule has 0 unspecified atom stereocenters. The lowest BCUT2D eigenvalue weighted by atomic mass is 9.96. The molecule has 1 aromatic carbocycles. The van der Waals surface area contributed by atoms with Crippen LogP contribution >= 0.6 is 22.9 Å². The average molecular weight is 414 g/mol. The molecule has 0 aliphatic carbocycles. The molecule has 0 aliphatic rings. The normalized spacial score (nSPS) is 10.7. The number of benzene rings is 1. The number of aromatic nitrogens is 2. The number of primary amides is 1. The maximum Gasteiger partial charge on any atom is 0.335 e. The fourth-order valence-electron chi connectivity index (χ4n) is 2.08. The number of nitrogens with zero attached hydrogens (tertiary/aromatic N) is 2. The number of amides is 1. The van der Waals surface area contributed by atoms with Gasteiger partial charge < -0.3 is 10.8 Å². The summed E-state index contributed by atoms with van der Waals surface area (Å²) in [5.74, 6) is -1.12. The van der Waals surface area contributed by atoms with Crippen molar-refractivity contribution in [3.63, 3.8) is 0 Å². The van der Waals surface area contributed by atoms with Gasteiger partial charge in [-0.25, -0.2) is 4.79 Å². The number of H-pyrrole nitrogens is 1. The van der Waals surface area contributed by atoms with Crippen LogP contribution in [0.15, 0.2) is 24.4 Å². The zero-order valence-corrected chi connectivity index (χ0v) is 14.2. The minimum absolute atomic E-state index is 0.0469. The Kier molecular flexibility index (Phi) is 4.69. The predicted octanol–water partition coefficient (Wildman–Crippen LogP) is 2.82. The quantitative estimate of drug-likeness (QED) is 0.515. The number of aromatic carboxylic acids is 1. The molecule has 7 nitrogen and oxygen atoms in total. The van der Waals surface area contributed by atoms with Crippen molar-refractivity contribution in [3.05, 3.63) is 41.1 Å². The van der Waals surface area contributed by atoms with Gasteiger partial charge in [-0.1, -0.05) is 13.8 Å². The Bertz CT molecular complexity index is 727. The highest BCUT2D eigenvalue weighted by Crippen LogP contribution is 2.33. The fourth-order valence-corrected chi connectivity index (χ4v) is 2.75. The van der Waals surface area contributed by atoms with Crippen LogP contribution < -0.4 is 8.85 Å². The van der Waals surface area contributed by atoms with E-state index in [0.717, 1.165) is 0 Å². The van der Waals surface area contributed by atoms with E-state index in [1.807, 2.05) is 36.7 Å². The fraction of sp³-hybridized carbons (Fsp3) is 0.214. The number of carbonyl (C=O) groups excluding carboxylic acids is 1. The molecular weight excluding hydrogens is 399 g/mol. The Labute approximate surface area is 141 Å². The van der Waals surface area contributed by atoms with Gasteiger partial charge in [-0.3, -0.25) is 13.0 Å². The molecule has 2 rings (SSSR count). The molecule has 1 amide bonds. The van der Waals surface area contributed by atoms with Crippen LogP contribution in [-0.2, 0) is 0 Å². The molecule has 0 bridgehead atoms. The van der Waals surface area contributed by atoms with Gasteiger partial charge in [0.05, 0.1) is 34.1 Å². The zero-order chi connectivity index (χ0) is 16.4. The van der Waals surface area contributed by atoms with Gasteiger partial charge >= 0.3 is 5.97 Å². The molecule has 1 aromatic heterocycles. The molecule has 0 radical (unpaired) electrons. The Morgan fingerprint density at radius 2 is 2.05 bits per heavy atom. The molecule has 2 aromatic rings. The highest BCUT2D eigenvalue weighted by atomic mass is 127. The predicted molar refractivity (Wildman–Crippen MR) is 90.8 cm³/mol. The SMILES string of the molecule is CC(C)c1cc(N(I)c2n[nH]cc2C(N)=O)ccc1C(=O)O. The number of carbonyl (C=O) groups is 2. The van der Waals surface area contributed by atoms with Crippen molar-refractivity contribution in [1.29, 1.82) is 0 Å². The largest absolute Gasteiger partial charge is 0.478 e. The summed E-state index contributed by atoms with van der Waals surface area (Å²) >= 11 is 1.99. The Morgan fingerprint density at radius 1 is 1.36 bits per heavy atom. The first kappa shape index (κ1) is 16.3. The van der Waals surface area contributed by atoms with Crippen molar-refractivity contribution < 1.29 is 14.7 Å². The number of nitrogens with one attached hydrogen (secondary N) is 1. The van der Waals surface area contributed by atoms with E-state index in [1.54, 1.807) is 21.3 Å². The minimum atomic E-state index is -0.965. The maximum absolute atomic E-state index is 11.4. The van der Waals surface area contributed by atoms with Crippen LogP contribution in [0.4, 0.5) is 11.5 Å². The molecule has 0 spiro atoms. The van der Waals surface area contributed by atoms with Crippen LogP contribution in [0.3, 0.4) is 0 Å². The maximum atomic E-state index is 11.4. The van der Waals surface area contributed by atoms with E-state index in [1.165, 1.54) is 6.20 Å². The summed E-state index contributed by atoms with van der Waals surface area (Å²) in [5, 5.41) is 15.9. The molecule has 8 heteroatoms. The van der Waals surface area contributed by atoms with E-state index in [0.29, 0.717) is 17.1 Å². The van der Waals surface area contributed by atoms with Crippen LogP contribution in [0.5, 0.6) is 0 Å². The third kappa shape index (κ3) is 3.06. The molecule has 22 heavy (non-hydrogen) atoms. The molecular formula is C14H15IN4O3. The number of rotatable bonds is 5. The lowest BCUT2D eigenvalue weighted by molar-refractivity contribution is 0.0695. The monoisotopic (exact) mass is 414 g/mol. The van der Waals surface area contributed by atoms with Crippen molar-refractivity contribution in [2.75, 3.05) is 3.11 Å². The first-order valence-corrected chi connectivity index (χ1v) is 7.46. The lowest BCUT2D eigenvalue weighted by Crippen LogP contribution is -2.14.